The van der Waals surface area contributed by atoms with Crippen molar-refractivity contribution in [2.75, 3.05) is 37.7 Å². The van der Waals surface area contributed by atoms with E-state index >= 15 is 0 Å². The highest BCUT2D eigenvalue weighted by molar-refractivity contribution is 7.99. The molecule has 20 heavy (non-hydrogen) atoms. The maximum absolute atomic E-state index is 13.7. The van der Waals surface area contributed by atoms with Crippen LogP contribution in [0.5, 0.6) is 0 Å². The Morgan fingerprint density at radius 1 is 1.05 bits per heavy atom. The van der Waals surface area contributed by atoms with Crippen LogP contribution >= 0.6 is 11.8 Å². The van der Waals surface area contributed by atoms with Gasteiger partial charge in [0, 0.05) is 42.7 Å². The van der Waals surface area contributed by atoms with Crippen LogP contribution in [-0.2, 0) is 6.54 Å². The highest BCUT2D eigenvalue weighted by Gasteiger charge is 2.25. The van der Waals surface area contributed by atoms with Crippen molar-refractivity contribution >= 4 is 11.8 Å². The van der Waals surface area contributed by atoms with Crippen LogP contribution in [0.2, 0.25) is 0 Å². The minimum Gasteiger partial charge on any atom is -0.299 e. The molecule has 0 aliphatic carbocycles. The summed E-state index contributed by atoms with van der Waals surface area (Å²) in [6.07, 6.45) is 2.47. The van der Waals surface area contributed by atoms with Crippen LogP contribution in [0.4, 0.5) is 4.39 Å². The van der Waals surface area contributed by atoms with Gasteiger partial charge in [-0.25, -0.2) is 4.39 Å². The third-order valence-electron chi connectivity index (χ3n) is 4.47. The molecular weight excluding hydrogens is 271 g/mol. The molecule has 2 fully saturated rings. The van der Waals surface area contributed by atoms with Crippen molar-refractivity contribution in [3.63, 3.8) is 0 Å². The molecule has 110 valence electrons. The molecule has 2 saturated heterocycles. The van der Waals surface area contributed by atoms with Gasteiger partial charge < -0.3 is 0 Å². The highest BCUT2D eigenvalue weighted by atomic mass is 32.2. The molecule has 2 aliphatic heterocycles. The summed E-state index contributed by atoms with van der Waals surface area (Å²) >= 11 is 2.07. The summed E-state index contributed by atoms with van der Waals surface area (Å²) in [4.78, 5) is 5.06. The number of halogens is 1. The van der Waals surface area contributed by atoms with Crippen molar-refractivity contribution in [2.24, 2.45) is 0 Å². The lowest BCUT2D eigenvalue weighted by Gasteiger charge is -2.40. The van der Waals surface area contributed by atoms with Crippen LogP contribution < -0.4 is 0 Å². The maximum Gasteiger partial charge on any atom is 0.127 e. The predicted octanol–water partition coefficient (Wildman–Crippen LogP) is 2.84. The van der Waals surface area contributed by atoms with E-state index < -0.39 is 0 Å². The summed E-state index contributed by atoms with van der Waals surface area (Å²) in [6.45, 7) is 5.46. The van der Waals surface area contributed by atoms with Crippen molar-refractivity contribution in [2.45, 2.75) is 25.4 Å². The second kappa shape index (κ2) is 6.92. The zero-order valence-corrected chi connectivity index (χ0v) is 12.7. The number of rotatable bonds is 3. The van der Waals surface area contributed by atoms with Crippen molar-refractivity contribution in [1.82, 2.24) is 9.80 Å². The van der Waals surface area contributed by atoms with Crippen LogP contribution in [-0.4, -0.2) is 53.5 Å². The van der Waals surface area contributed by atoms with Crippen molar-refractivity contribution in [3.8, 4) is 0 Å². The van der Waals surface area contributed by atoms with E-state index in [1.165, 1.54) is 37.4 Å². The molecule has 1 aromatic carbocycles. The highest BCUT2D eigenvalue weighted by Crippen LogP contribution is 2.22. The molecule has 2 aliphatic rings. The average Bonchev–Trinajstić information content (AvgIpc) is 2.51. The van der Waals surface area contributed by atoms with E-state index in [9.17, 15) is 4.39 Å². The second-order valence-corrected chi connectivity index (χ2v) is 6.97. The van der Waals surface area contributed by atoms with E-state index in [0.29, 0.717) is 0 Å². The molecule has 2 heterocycles. The van der Waals surface area contributed by atoms with E-state index in [0.717, 1.165) is 31.2 Å². The van der Waals surface area contributed by atoms with Gasteiger partial charge in [-0.1, -0.05) is 18.2 Å². The molecule has 0 amide bonds. The Balaban J connectivity index is 1.50. The predicted molar refractivity (Wildman–Crippen MR) is 83.6 cm³/mol. The summed E-state index contributed by atoms with van der Waals surface area (Å²) in [5, 5.41) is 0. The molecule has 2 nitrogen and oxygen atoms in total. The fourth-order valence-corrected chi connectivity index (χ4v) is 4.18. The van der Waals surface area contributed by atoms with E-state index in [-0.39, 0.29) is 5.82 Å². The SMILES string of the molecule is Fc1ccccc1CN1CCC(N2CCSCC2)CC1. The number of piperidine rings is 1. The Bertz CT molecular complexity index is 426. The van der Waals surface area contributed by atoms with Gasteiger partial charge in [-0.2, -0.15) is 11.8 Å². The number of likely N-dealkylation sites (tertiary alicyclic amines) is 1. The molecule has 0 bridgehead atoms. The number of hydrogen-bond acceptors (Lipinski definition) is 3. The monoisotopic (exact) mass is 294 g/mol. The van der Waals surface area contributed by atoms with E-state index in [1.807, 2.05) is 12.1 Å². The number of hydrogen-bond donors (Lipinski definition) is 0. The van der Waals surface area contributed by atoms with Gasteiger partial charge in [0.05, 0.1) is 0 Å². The molecule has 4 heteroatoms. The fraction of sp³-hybridized carbons (Fsp3) is 0.625. The molecule has 0 radical (unpaired) electrons. The minimum atomic E-state index is -0.0670. The molecule has 3 rings (SSSR count). The summed E-state index contributed by atoms with van der Waals surface area (Å²) in [5.74, 6) is 2.51. The zero-order chi connectivity index (χ0) is 13.8. The van der Waals surface area contributed by atoms with Crippen LogP contribution in [0.1, 0.15) is 18.4 Å². The number of thioether (sulfide) groups is 1. The second-order valence-electron chi connectivity index (χ2n) is 5.75. The Hall–Kier alpha value is -0.580. The van der Waals surface area contributed by atoms with Crippen molar-refractivity contribution in [1.29, 1.82) is 0 Å². The fourth-order valence-electron chi connectivity index (χ4n) is 3.25. The smallest absolute Gasteiger partial charge is 0.127 e. The molecule has 0 aromatic heterocycles. The number of benzene rings is 1. The largest absolute Gasteiger partial charge is 0.299 e. The molecule has 0 saturated carbocycles. The maximum atomic E-state index is 13.7. The van der Waals surface area contributed by atoms with E-state index in [2.05, 4.69) is 21.6 Å². The van der Waals surface area contributed by atoms with Crippen molar-refractivity contribution in [3.05, 3.63) is 35.6 Å². The van der Waals surface area contributed by atoms with Crippen LogP contribution in [0.3, 0.4) is 0 Å². The number of nitrogens with zero attached hydrogens (tertiary/aromatic N) is 2. The van der Waals surface area contributed by atoms with Gasteiger partial charge in [-0.3, -0.25) is 9.80 Å². The molecule has 1 aromatic rings. The lowest BCUT2D eigenvalue weighted by Crippen LogP contribution is -2.47. The first kappa shape index (κ1) is 14.4. The molecule has 0 unspecified atom stereocenters. The zero-order valence-electron chi connectivity index (χ0n) is 11.9. The Labute approximate surface area is 125 Å². The van der Waals surface area contributed by atoms with Crippen LogP contribution in [0.25, 0.3) is 0 Å². The first-order valence-electron chi connectivity index (χ1n) is 7.60. The third kappa shape index (κ3) is 3.54. The standard InChI is InChI=1S/C16H23FN2S/c17-16-4-2-1-3-14(16)13-18-7-5-15(6-8-18)19-9-11-20-12-10-19/h1-4,15H,5-13H2. The van der Waals surface area contributed by atoms with Gasteiger partial charge in [-0.15, -0.1) is 0 Å². The Morgan fingerprint density at radius 3 is 2.45 bits per heavy atom. The minimum absolute atomic E-state index is 0.0670. The van der Waals surface area contributed by atoms with Gasteiger partial charge in [0.1, 0.15) is 5.82 Å². The topological polar surface area (TPSA) is 6.48 Å². The summed E-state index contributed by atoms with van der Waals surface area (Å²) < 4.78 is 13.7. The average molecular weight is 294 g/mol. The normalized spacial score (nSPS) is 23.1. The van der Waals surface area contributed by atoms with Gasteiger partial charge >= 0.3 is 0 Å². The van der Waals surface area contributed by atoms with Gasteiger partial charge in [0.15, 0.2) is 0 Å². The third-order valence-corrected chi connectivity index (χ3v) is 5.41. The quantitative estimate of drug-likeness (QED) is 0.846. The van der Waals surface area contributed by atoms with Crippen LogP contribution in [0.15, 0.2) is 24.3 Å². The summed E-state index contributed by atoms with van der Waals surface area (Å²) in [5.41, 5.74) is 0.834. The van der Waals surface area contributed by atoms with Gasteiger partial charge in [0.2, 0.25) is 0 Å². The Kier molecular flexibility index (Phi) is 4.97. The van der Waals surface area contributed by atoms with E-state index in [1.54, 1.807) is 12.1 Å². The molecule has 0 N–H and O–H groups in total. The molecule has 0 spiro atoms. The van der Waals surface area contributed by atoms with Crippen molar-refractivity contribution < 1.29 is 4.39 Å². The van der Waals surface area contributed by atoms with E-state index in [4.69, 9.17) is 0 Å². The lowest BCUT2D eigenvalue weighted by molar-refractivity contribution is 0.112. The molecule has 0 atom stereocenters. The lowest BCUT2D eigenvalue weighted by atomic mass is 10.0. The molecular formula is C16H23FN2S. The Morgan fingerprint density at radius 2 is 1.75 bits per heavy atom. The first-order valence-corrected chi connectivity index (χ1v) is 8.76. The van der Waals surface area contributed by atoms with Gasteiger partial charge in [0.25, 0.3) is 0 Å². The summed E-state index contributed by atoms with van der Waals surface area (Å²) in [6, 6.07) is 7.92. The first-order chi connectivity index (χ1) is 9.83. The summed E-state index contributed by atoms with van der Waals surface area (Å²) in [7, 11) is 0. The van der Waals surface area contributed by atoms with Crippen LogP contribution in [0, 0.1) is 5.82 Å². The van der Waals surface area contributed by atoms with Gasteiger partial charge in [-0.05, 0) is 32.0 Å².